The molecular formula is C12H20BrN3O. The number of hydrogen-bond donors (Lipinski definition) is 2. The van der Waals surface area contributed by atoms with E-state index in [0.29, 0.717) is 6.54 Å². The third kappa shape index (κ3) is 5.00. The van der Waals surface area contributed by atoms with Gasteiger partial charge in [-0.25, -0.2) is 9.97 Å². The van der Waals surface area contributed by atoms with Crippen molar-refractivity contribution in [3.05, 3.63) is 16.5 Å². The number of aliphatic hydroxyl groups excluding tert-OH is 1. The lowest BCUT2D eigenvalue weighted by Gasteiger charge is -2.22. The first kappa shape index (κ1) is 14.4. The van der Waals surface area contributed by atoms with Gasteiger partial charge in [0.2, 0.25) is 0 Å². The predicted molar refractivity (Wildman–Crippen MR) is 73.1 cm³/mol. The monoisotopic (exact) mass is 301 g/mol. The van der Waals surface area contributed by atoms with Crippen LogP contribution in [-0.2, 0) is 6.42 Å². The summed E-state index contributed by atoms with van der Waals surface area (Å²) >= 11 is 3.38. The minimum absolute atomic E-state index is 0.147. The Morgan fingerprint density at radius 3 is 2.71 bits per heavy atom. The van der Waals surface area contributed by atoms with Crippen molar-refractivity contribution in [3.63, 3.8) is 0 Å². The molecule has 96 valence electrons. The highest BCUT2D eigenvalue weighted by Crippen LogP contribution is 2.17. The van der Waals surface area contributed by atoms with E-state index in [4.69, 9.17) is 0 Å². The first-order chi connectivity index (χ1) is 7.96. The summed E-state index contributed by atoms with van der Waals surface area (Å²) in [5.74, 6) is 1.64. The van der Waals surface area contributed by atoms with E-state index < -0.39 is 0 Å². The summed E-state index contributed by atoms with van der Waals surface area (Å²) in [4.78, 5) is 8.73. The van der Waals surface area contributed by atoms with Crippen LogP contribution in [0.3, 0.4) is 0 Å². The van der Waals surface area contributed by atoms with Crippen LogP contribution in [0, 0.1) is 5.41 Å². The number of nitrogens with zero attached hydrogens (tertiary/aromatic N) is 2. The topological polar surface area (TPSA) is 58.0 Å². The number of aryl methyl sites for hydroxylation is 1. The van der Waals surface area contributed by atoms with Crippen molar-refractivity contribution in [1.82, 2.24) is 9.97 Å². The molecule has 1 aromatic heterocycles. The molecule has 0 radical (unpaired) electrons. The first-order valence-corrected chi connectivity index (χ1v) is 6.64. The van der Waals surface area contributed by atoms with E-state index in [1.165, 1.54) is 0 Å². The smallest absolute Gasteiger partial charge is 0.132 e. The quantitative estimate of drug-likeness (QED) is 0.793. The third-order valence-electron chi connectivity index (χ3n) is 2.39. The number of rotatable bonds is 6. The van der Waals surface area contributed by atoms with Crippen molar-refractivity contribution in [2.24, 2.45) is 5.41 Å². The Kier molecular flexibility index (Phi) is 5.33. The second-order valence-electron chi connectivity index (χ2n) is 4.92. The van der Waals surface area contributed by atoms with Gasteiger partial charge in [-0.1, -0.05) is 20.8 Å². The largest absolute Gasteiger partial charge is 0.396 e. The molecule has 0 aliphatic rings. The van der Waals surface area contributed by atoms with E-state index in [2.05, 4.69) is 38.1 Å². The Morgan fingerprint density at radius 2 is 2.12 bits per heavy atom. The fourth-order valence-electron chi connectivity index (χ4n) is 1.28. The van der Waals surface area contributed by atoms with Crippen LogP contribution in [0.4, 0.5) is 5.82 Å². The van der Waals surface area contributed by atoms with Crippen molar-refractivity contribution in [3.8, 4) is 0 Å². The molecule has 0 aromatic carbocycles. The molecule has 2 N–H and O–H groups in total. The molecule has 0 fully saturated rings. The summed E-state index contributed by atoms with van der Waals surface area (Å²) in [5.41, 5.74) is -0.150. The molecule has 0 aliphatic heterocycles. The van der Waals surface area contributed by atoms with E-state index in [0.717, 1.165) is 29.1 Å². The highest BCUT2D eigenvalue weighted by Gasteiger charge is 2.16. The summed E-state index contributed by atoms with van der Waals surface area (Å²) in [6.45, 7) is 6.94. The average molecular weight is 302 g/mol. The molecule has 4 nitrogen and oxygen atoms in total. The van der Waals surface area contributed by atoms with Gasteiger partial charge in [-0.05, 0) is 22.4 Å². The van der Waals surface area contributed by atoms with Crippen LogP contribution in [0.25, 0.3) is 0 Å². The Balaban J connectivity index is 2.70. The standard InChI is InChI=1S/C12H20BrN3O/c1-4-5-10-15-9(13)6-11(16-10)14-7-12(2,3)8-17/h6,17H,4-5,7-8H2,1-3H3,(H,14,15,16). The zero-order chi connectivity index (χ0) is 12.9. The lowest BCUT2D eigenvalue weighted by molar-refractivity contribution is 0.170. The highest BCUT2D eigenvalue weighted by atomic mass is 79.9. The molecule has 0 atom stereocenters. The van der Waals surface area contributed by atoms with Crippen LogP contribution in [0.15, 0.2) is 10.7 Å². The lowest BCUT2D eigenvalue weighted by atomic mass is 9.95. The van der Waals surface area contributed by atoms with E-state index in [1.807, 2.05) is 19.9 Å². The second-order valence-corrected chi connectivity index (χ2v) is 5.73. The molecule has 5 heteroatoms. The number of aromatic nitrogens is 2. The van der Waals surface area contributed by atoms with Crippen LogP contribution in [0.5, 0.6) is 0 Å². The number of hydrogen-bond acceptors (Lipinski definition) is 4. The minimum Gasteiger partial charge on any atom is -0.396 e. The molecule has 0 bridgehead atoms. The van der Waals surface area contributed by atoms with Gasteiger partial charge < -0.3 is 10.4 Å². The molecule has 0 saturated carbocycles. The maximum atomic E-state index is 9.18. The van der Waals surface area contributed by atoms with Crippen LogP contribution in [0.2, 0.25) is 0 Å². The fourth-order valence-corrected chi connectivity index (χ4v) is 1.70. The van der Waals surface area contributed by atoms with E-state index in [9.17, 15) is 5.11 Å². The van der Waals surface area contributed by atoms with Gasteiger partial charge in [0.1, 0.15) is 16.2 Å². The molecule has 1 heterocycles. The number of nitrogens with one attached hydrogen (secondary N) is 1. The predicted octanol–water partition coefficient (Wildman–Crippen LogP) is 2.62. The van der Waals surface area contributed by atoms with Crippen molar-refractivity contribution >= 4 is 21.7 Å². The van der Waals surface area contributed by atoms with Crippen molar-refractivity contribution in [2.45, 2.75) is 33.6 Å². The van der Waals surface area contributed by atoms with Gasteiger partial charge in [-0.3, -0.25) is 0 Å². The lowest BCUT2D eigenvalue weighted by Crippen LogP contribution is -2.27. The Bertz CT molecular complexity index is 369. The van der Waals surface area contributed by atoms with Crippen LogP contribution in [0.1, 0.15) is 33.0 Å². The van der Waals surface area contributed by atoms with Crippen LogP contribution in [-0.4, -0.2) is 28.2 Å². The van der Waals surface area contributed by atoms with Gasteiger partial charge >= 0.3 is 0 Å². The van der Waals surface area contributed by atoms with E-state index >= 15 is 0 Å². The molecule has 1 aromatic rings. The van der Waals surface area contributed by atoms with Gasteiger partial charge in [0.25, 0.3) is 0 Å². The molecule has 1 rings (SSSR count). The summed E-state index contributed by atoms with van der Waals surface area (Å²) in [5, 5.41) is 12.4. The fraction of sp³-hybridized carbons (Fsp3) is 0.667. The van der Waals surface area contributed by atoms with Crippen LogP contribution < -0.4 is 5.32 Å². The molecule has 17 heavy (non-hydrogen) atoms. The number of anilines is 1. The Labute approximate surface area is 111 Å². The molecule has 0 spiro atoms. The summed E-state index contributed by atoms with van der Waals surface area (Å²) in [6, 6.07) is 1.85. The molecule has 0 amide bonds. The maximum absolute atomic E-state index is 9.18. The maximum Gasteiger partial charge on any atom is 0.132 e. The number of aliphatic hydroxyl groups is 1. The molecular weight excluding hydrogens is 282 g/mol. The number of halogens is 1. The normalized spacial score (nSPS) is 11.6. The van der Waals surface area contributed by atoms with Gasteiger partial charge in [0.05, 0.1) is 0 Å². The van der Waals surface area contributed by atoms with Gasteiger partial charge in [-0.2, -0.15) is 0 Å². The van der Waals surface area contributed by atoms with E-state index in [-0.39, 0.29) is 12.0 Å². The minimum atomic E-state index is -0.150. The third-order valence-corrected chi connectivity index (χ3v) is 2.80. The van der Waals surface area contributed by atoms with Gasteiger partial charge in [-0.15, -0.1) is 0 Å². The van der Waals surface area contributed by atoms with Gasteiger partial charge in [0.15, 0.2) is 0 Å². The first-order valence-electron chi connectivity index (χ1n) is 5.85. The second kappa shape index (κ2) is 6.31. The van der Waals surface area contributed by atoms with Crippen molar-refractivity contribution in [1.29, 1.82) is 0 Å². The molecule has 0 unspecified atom stereocenters. The molecule has 0 saturated heterocycles. The van der Waals surface area contributed by atoms with Gasteiger partial charge in [0, 0.05) is 31.1 Å². The van der Waals surface area contributed by atoms with Crippen molar-refractivity contribution < 1.29 is 5.11 Å². The molecule has 0 aliphatic carbocycles. The SMILES string of the molecule is CCCc1nc(Br)cc(NCC(C)(C)CO)n1. The average Bonchev–Trinajstić information content (AvgIpc) is 2.26. The Morgan fingerprint density at radius 1 is 1.41 bits per heavy atom. The Hall–Kier alpha value is -0.680. The summed E-state index contributed by atoms with van der Waals surface area (Å²) in [6.07, 6.45) is 1.90. The van der Waals surface area contributed by atoms with E-state index in [1.54, 1.807) is 0 Å². The highest BCUT2D eigenvalue weighted by molar-refractivity contribution is 9.10. The zero-order valence-corrected chi connectivity index (χ0v) is 12.2. The zero-order valence-electron chi connectivity index (χ0n) is 10.6. The van der Waals surface area contributed by atoms with Crippen molar-refractivity contribution in [2.75, 3.05) is 18.5 Å². The summed E-state index contributed by atoms with van der Waals surface area (Å²) in [7, 11) is 0. The van der Waals surface area contributed by atoms with Crippen LogP contribution >= 0.6 is 15.9 Å². The summed E-state index contributed by atoms with van der Waals surface area (Å²) < 4.78 is 0.792.